The van der Waals surface area contributed by atoms with Gasteiger partial charge in [0.05, 0.1) is 0 Å². The number of benzene rings is 1. The standard InChI is InChI=1S/C12H16N2S/c15-7-3-6-13-8-10-9-14-12-5-2-1-4-11(10)12/h1-2,4-5,9,13-15H,3,6-8H2. The summed E-state index contributed by atoms with van der Waals surface area (Å²) in [6, 6.07) is 8.39. The summed E-state index contributed by atoms with van der Waals surface area (Å²) in [4.78, 5) is 3.27. The summed E-state index contributed by atoms with van der Waals surface area (Å²) in [7, 11) is 0. The van der Waals surface area contributed by atoms with E-state index in [2.05, 4.69) is 53.4 Å². The molecular weight excluding hydrogens is 204 g/mol. The van der Waals surface area contributed by atoms with Crippen molar-refractivity contribution in [3.05, 3.63) is 36.0 Å². The van der Waals surface area contributed by atoms with Crippen LogP contribution in [0.4, 0.5) is 0 Å². The van der Waals surface area contributed by atoms with Crippen LogP contribution in [0.3, 0.4) is 0 Å². The van der Waals surface area contributed by atoms with Gasteiger partial charge in [-0.25, -0.2) is 0 Å². The van der Waals surface area contributed by atoms with E-state index < -0.39 is 0 Å². The van der Waals surface area contributed by atoms with Crippen LogP contribution in [0.2, 0.25) is 0 Å². The molecule has 0 unspecified atom stereocenters. The first-order chi connectivity index (χ1) is 7.42. The van der Waals surface area contributed by atoms with Gasteiger partial charge in [0.1, 0.15) is 0 Å². The van der Waals surface area contributed by atoms with E-state index >= 15 is 0 Å². The maximum absolute atomic E-state index is 4.18. The number of rotatable bonds is 5. The maximum atomic E-state index is 4.18. The van der Waals surface area contributed by atoms with Gasteiger partial charge in [0, 0.05) is 23.6 Å². The molecule has 2 aromatic rings. The van der Waals surface area contributed by atoms with Gasteiger partial charge in [0.2, 0.25) is 0 Å². The Morgan fingerprint density at radius 3 is 3.00 bits per heavy atom. The Hall–Kier alpha value is -0.930. The first-order valence-electron chi connectivity index (χ1n) is 5.28. The predicted molar refractivity (Wildman–Crippen MR) is 68.5 cm³/mol. The molecule has 1 aromatic carbocycles. The highest BCUT2D eigenvalue weighted by Gasteiger charge is 2.01. The van der Waals surface area contributed by atoms with Gasteiger partial charge in [0.15, 0.2) is 0 Å². The lowest BCUT2D eigenvalue weighted by Crippen LogP contribution is -2.14. The fourth-order valence-electron chi connectivity index (χ4n) is 1.70. The minimum absolute atomic E-state index is 0.928. The smallest absolute Gasteiger partial charge is 0.0457 e. The molecule has 2 rings (SSSR count). The zero-order chi connectivity index (χ0) is 10.5. The van der Waals surface area contributed by atoms with Gasteiger partial charge in [-0.1, -0.05) is 18.2 Å². The van der Waals surface area contributed by atoms with Crippen molar-refractivity contribution in [1.82, 2.24) is 10.3 Å². The molecule has 0 amide bonds. The summed E-state index contributed by atoms with van der Waals surface area (Å²) < 4.78 is 0. The largest absolute Gasteiger partial charge is 0.361 e. The topological polar surface area (TPSA) is 27.8 Å². The first-order valence-corrected chi connectivity index (χ1v) is 5.91. The Morgan fingerprint density at radius 1 is 1.27 bits per heavy atom. The average molecular weight is 220 g/mol. The van der Waals surface area contributed by atoms with E-state index in [4.69, 9.17) is 0 Å². The van der Waals surface area contributed by atoms with E-state index in [-0.39, 0.29) is 0 Å². The van der Waals surface area contributed by atoms with Crippen molar-refractivity contribution < 1.29 is 0 Å². The SMILES string of the molecule is SCCCNCc1c[nH]c2ccccc12. The molecule has 0 saturated heterocycles. The molecule has 0 saturated carbocycles. The summed E-state index contributed by atoms with van der Waals surface area (Å²) in [6.07, 6.45) is 3.20. The lowest BCUT2D eigenvalue weighted by molar-refractivity contribution is 0.682. The van der Waals surface area contributed by atoms with Crippen molar-refractivity contribution in [2.45, 2.75) is 13.0 Å². The average Bonchev–Trinajstić information content (AvgIpc) is 2.68. The Morgan fingerprint density at radius 2 is 2.13 bits per heavy atom. The van der Waals surface area contributed by atoms with Crippen molar-refractivity contribution in [1.29, 1.82) is 0 Å². The minimum atomic E-state index is 0.928. The molecule has 2 nitrogen and oxygen atoms in total. The molecular formula is C12H16N2S. The van der Waals surface area contributed by atoms with Gasteiger partial charge in [0.25, 0.3) is 0 Å². The molecule has 0 radical (unpaired) electrons. The summed E-state index contributed by atoms with van der Waals surface area (Å²) in [5, 5.41) is 4.73. The Balaban J connectivity index is 2.02. The number of aromatic amines is 1. The normalized spacial score (nSPS) is 11.0. The Bertz CT molecular complexity index is 422. The third kappa shape index (κ3) is 2.55. The number of hydrogen-bond acceptors (Lipinski definition) is 2. The highest BCUT2D eigenvalue weighted by atomic mass is 32.1. The number of para-hydroxylation sites is 1. The molecule has 0 fully saturated rings. The zero-order valence-electron chi connectivity index (χ0n) is 8.66. The summed E-state index contributed by atoms with van der Waals surface area (Å²) in [6.45, 7) is 1.96. The Kier molecular flexibility index (Phi) is 3.69. The van der Waals surface area contributed by atoms with Crippen LogP contribution in [-0.4, -0.2) is 17.3 Å². The zero-order valence-corrected chi connectivity index (χ0v) is 9.56. The molecule has 0 spiro atoms. The lowest BCUT2D eigenvalue weighted by Gasteiger charge is -2.01. The van der Waals surface area contributed by atoms with Crippen molar-refractivity contribution in [2.24, 2.45) is 0 Å². The quantitative estimate of drug-likeness (QED) is 0.524. The molecule has 0 bridgehead atoms. The van der Waals surface area contributed by atoms with E-state index in [1.165, 1.54) is 16.5 Å². The summed E-state index contributed by atoms with van der Waals surface area (Å²) >= 11 is 4.18. The second kappa shape index (κ2) is 5.24. The van der Waals surface area contributed by atoms with E-state index in [0.29, 0.717) is 0 Å². The Labute approximate surface area is 95.5 Å². The van der Waals surface area contributed by atoms with Gasteiger partial charge in [-0.2, -0.15) is 12.6 Å². The van der Waals surface area contributed by atoms with Gasteiger partial charge >= 0.3 is 0 Å². The number of nitrogens with one attached hydrogen (secondary N) is 2. The van der Waals surface area contributed by atoms with Crippen molar-refractivity contribution in [3.63, 3.8) is 0 Å². The van der Waals surface area contributed by atoms with E-state index in [9.17, 15) is 0 Å². The summed E-state index contributed by atoms with van der Waals surface area (Å²) in [5.74, 6) is 0.945. The second-order valence-corrected chi connectivity index (χ2v) is 4.06. The second-order valence-electron chi connectivity index (χ2n) is 3.61. The number of thiol groups is 1. The fourth-order valence-corrected chi connectivity index (χ4v) is 1.86. The third-order valence-electron chi connectivity index (χ3n) is 2.50. The molecule has 1 heterocycles. The van der Waals surface area contributed by atoms with Gasteiger partial charge < -0.3 is 10.3 Å². The summed E-state index contributed by atoms with van der Waals surface area (Å²) in [5.41, 5.74) is 2.55. The van der Waals surface area contributed by atoms with E-state index in [0.717, 1.165) is 25.3 Å². The van der Waals surface area contributed by atoms with Crippen LogP contribution in [0.25, 0.3) is 10.9 Å². The molecule has 15 heavy (non-hydrogen) atoms. The van der Waals surface area contributed by atoms with Crippen LogP contribution in [0.1, 0.15) is 12.0 Å². The van der Waals surface area contributed by atoms with E-state index in [1.807, 2.05) is 0 Å². The monoisotopic (exact) mass is 220 g/mol. The van der Waals surface area contributed by atoms with E-state index in [1.54, 1.807) is 0 Å². The number of fused-ring (bicyclic) bond motifs is 1. The predicted octanol–water partition coefficient (Wildman–Crippen LogP) is 2.58. The fraction of sp³-hybridized carbons (Fsp3) is 0.333. The molecule has 80 valence electrons. The molecule has 2 N–H and O–H groups in total. The molecule has 1 aromatic heterocycles. The van der Waals surface area contributed by atoms with Crippen LogP contribution in [-0.2, 0) is 6.54 Å². The molecule has 0 atom stereocenters. The van der Waals surface area contributed by atoms with Crippen LogP contribution < -0.4 is 5.32 Å². The highest BCUT2D eigenvalue weighted by molar-refractivity contribution is 7.80. The molecule has 3 heteroatoms. The molecule has 0 aliphatic rings. The van der Waals surface area contributed by atoms with Crippen molar-refractivity contribution >= 4 is 23.5 Å². The van der Waals surface area contributed by atoms with Gasteiger partial charge in [-0.15, -0.1) is 0 Å². The first kappa shape index (κ1) is 10.6. The van der Waals surface area contributed by atoms with Gasteiger partial charge in [-0.05, 0) is 30.3 Å². The molecule has 0 aliphatic heterocycles. The number of H-pyrrole nitrogens is 1. The van der Waals surface area contributed by atoms with Crippen LogP contribution >= 0.6 is 12.6 Å². The number of aromatic nitrogens is 1. The van der Waals surface area contributed by atoms with Crippen molar-refractivity contribution in [2.75, 3.05) is 12.3 Å². The lowest BCUT2D eigenvalue weighted by atomic mass is 10.2. The highest BCUT2D eigenvalue weighted by Crippen LogP contribution is 2.16. The van der Waals surface area contributed by atoms with Crippen LogP contribution in [0.15, 0.2) is 30.5 Å². The maximum Gasteiger partial charge on any atom is 0.0457 e. The number of hydrogen-bond donors (Lipinski definition) is 3. The van der Waals surface area contributed by atoms with Crippen LogP contribution in [0, 0.1) is 0 Å². The molecule has 0 aliphatic carbocycles. The van der Waals surface area contributed by atoms with Gasteiger partial charge in [-0.3, -0.25) is 0 Å². The van der Waals surface area contributed by atoms with Crippen LogP contribution in [0.5, 0.6) is 0 Å². The third-order valence-corrected chi connectivity index (χ3v) is 2.82. The minimum Gasteiger partial charge on any atom is -0.361 e. The van der Waals surface area contributed by atoms with Crippen molar-refractivity contribution in [3.8, 4) is 0 Å².